The second-order valence-electron chi connectivity index (χ2n) is 12.3. The molecular weight excluding hydrogens is 622 g/mol. The maximum Gasteiger partial charge on any atom is 0.254 e. The van der Waals surface area contributed by atoms with E-state index in [1.54, 1.807) is 0 Å². The zero-order valence-corrected chi connectivity index (χ0v) is 27.5. The SMILES string of the molecule is CC(=O)N[C@@H]1C[C@H]2CS(=O)(=O)c3cccc(c3)C(=O)N(C)[C@H](C(=O)NCc3ccc4ccccc4c3)CCC(=O)N(C)CC(=O)N2C1. The number of hydrogen-bond donors (Lipinski definition) is 2. The predicted octanol–water partition coefficient (Wildman–Crippen LogP) is 1.73. The van der Waals surface area contributed by atoms with Crippen LogP contribution in [0.4, 0.5) is 0 Å². The lowest BCUT2D eigenvalue weighted by Crippen LogP contribution is -2.49. The van der Waals surface area contributed by atoms with Gasteiger partial charge in [0, 0.05) is 58.2 Å². The Morgan fingerprint density at radius 3 is 2.40 bits per heavy atom. The zero-order chi connectivity index (χ0) is 33.9. The van der Waals surface area contributed by atoms with Crippen LogP contribution in [0, 0.1) is 0 Å². The Morgan fingerprint density at radius 1 is 0.915 bits per heavy atom. The monoisotopic (exact) mass is 661 g/mol. The third-order valence-electron chi connectivity index (χ3n) is 8.80. The molecule has 0 spiro atoms. The summed E-state index contributed by atoms with van der Waals surface area (Å²) >= 11 is 0. The molecule has 12 nitrogen and oxygen atoms in total. The van der Waals surface area contributed by atoms with E-state index in [2.05, 4.69) is 10.6 Å². The minimum Gasteiger partial charge on any atom is -0.352 e. The molecule has 3 aromatic carbocycles. The van der Waals surface area contributed by atoms with Gasteiger partial charge in [-0.3, -0.25) is 24.0 Å². The van der Waals surface area contributed by atoms with E-state index in [0.717, 1.165) is 16.3 Å². The van der Waals surface area contributed by atoms with Gasteiger partial charge in [-0.15, -0.1) is 0 Å². The van der Waals surface area contributed by atoms with E-state index in [4.69, 9.17) is 0 Å². The maximum absolute atomic E-state index is 13.7. The Morgan fingerprint density at radius 2 is 1.66 bits per heavy atom. The van der Waals surface area contributed by atoms with Gasteiger partial charge in [0.1, 0.15) is 6.04 Å². The Bertz CT molecular complexity index is 1830. The number of nitrogens with zero attached hydrogens (tertiary/aromatic N) is 3. The van der Waals surface area contributed by atoms with Crippen LogP contribution in [0.25, 0.3) is 10.8 Å². The van der Waals surface area contributed by atoms with E-state index in [1.165, 1.54) is 60.0 Å². The molecule has 3 atom stereocenters. The van der Waals surface area contributed by atoms with Crippen LogP contribution in [-0.4, -0.2) is 104 Å². The molecule has 0 unspecified atom stereocenters. The van der Waals surface area contributed by atoms with E-state index in [0.29, 0.717) is 0 Å². The van der Waals surface area contributed by atoms with Crippen LogP contribution in [0.5, 0.6) is 0 Å². The second-order valence-corrected chi connectivity index (χ2v) is 14.3. The molecule has 5 amide bonds. The number of rotatable bonds is 4. The van der Waals surface area contributed by atoms with E-state index in [-0.39, 0.29) is 55.3 Å². The molecule has 3 aromatic rings. The molecule has 47 heavy (non-hydrogen) atoms. The van der Waals surface area contributed by atoms with E-state index < -0.39 is 57.3 Å². The van der Waals surface area contributed by atoms with Gasteiger partial charge in [-0.2, -0.15) is 0 Å². The molecule has 2 heterocycles. The summed E-state index contributed by atoms with van der Waals surface area (Å²) in [6.45, 7) is 1.32. The van der Waals surface area contributed by atoms with Crippen LogP contribution < -0.4 is 10.6 Å². The predicted molar refractivity (Wildman–Crippen MR) is 175 cm³/mol. The molecule has 0 aromatic heterocycles. The van der Waals surface area contributed by atoms with Crippen molar-refractivity contribution in [3.8, 4) is 0 Å². The van der Waals surface area contributed by atoms with Gasteiger partial charge < -0.3 is 25.3 Å². The summed E-state index contributed by atoms with van der Waals surface area (Å²) in [7, 11) is -1.09. The number of fused-ring (bicyclic) bond motifs is 4. The van der Waals surface area contributed by atoms with Crippen LogP contribution in [0.1, 0.15) is 42.1 Å². The third-order valence-corrected chi connectivity index (χ3v) is 10.6. The lowest BCUT2D eigenvalue weighted by atomic mass is 10.1. The van der Waals surface area contributed by atoms with E-state index in [1.807, 2.05) is 42.5 Å². The highest BCUT2D eigenvalue weighted by atomic mass is 32.2. The molecule has 5 rings (SSSR count). The summed E-state index contributed by atoms with van der Waals surface area (Å²) in [5, 5.41) is 7.72. The lowest BCUT2D eigenvalue weighted by molar-refractivity contribution is -0.140. The van der Waals surface area contributed by atoms with Crippen molar-refractivity contribution in [2.75, 3.05) is 32.9 Å². The average molecular weight is 662 g/mol. The van der Waals surface area contributed by atoms with Crippen molar-refractivity contribution in [3.63, 3.8) is 0 Å². The van der Waals surface area contributed by atoms with Gasteiger partial charge in [-0.1, -0.05) is 42.5 Å². The molecule has 2 N–H and O–H groups in total. The normalized spacial score (nSPS) is 22.2. The van der Waals surface area contributed by atoms with Crippen molar-refractivity contribution >= 4 is 50.1 Å². The minimum atomic E-state index is -4.00. The molecule has 248 valence electrons. The molecule has 0 saturated carbocycles. The van der Waals surface area contributed by atoms with E-state index >= 15 is 0 Å². The van der Waals surface area contributed by atoms with Crippen molar-refractivity contribution in [1.29, 1.82) is 0 Å². The summed E-state index contributed by atoms with van der Waals surface area (Å²) in [5.41, 5.74) is 0.916. The number of sulfone groups is 1. The molecular formula is C34H39N5O7S. The summed E-state index contributed by atoms with van der Waals surface area (Å²) < 4.78 is 27.3. The zero-order valence-electron chi connectivity index (χ0n) is 26.6. The Labute approximate surface area is 274 Å². The van der Waals surface area contributed by atoms with E-state index in [9.17, 15) is 32.4 Å². The molecule has 2 bridgehead atoms. The lowest BCUT2D eigenvalue weighted by Gasteiger charge is -2.30. The van der Waals surface area contributed by atoms with Crippen molar-refractivity contribution in [3.05, 3.63) is 77.9 Å². The number of carbonyl (C=O) groups excluding carboxylic acids is 5. The van der Waals surface area contributed by atoms with Crippen LogP contribution in [0.15, 0.2) is 71.6 Å². The van der Waals surface area contributed by atoms with Crippen molar-refractivity contribution < 1.29 is 32.4 Å². The Hall–Kier alpha value is -4.78. The van der Waals surface area contributed by atoms with Crippen molar-refractivity contribution in [1.82, 2.24) is 25.3 Å². The average Bonchev–Trinajstić information content (AvgIpc) is 3.43. The quantitative estimate of drug-likeness (QED) is 0.432. The fourth-order valence-electron chi connectivity index (χ4n) is 6.28. The molecule has 1 fully saturated rings. The highest BCUT2D eigenvalue weighted by Crippen LogP contribution is 2.25. The molecule has 0 aliphatic carbocycles. The van der Waals surface area contributed by atoms with Crippen LogP contribution in [-0.2, 0) is 35.6 Å². The summed E-state index contributed by atoms with van der Waals surface area (Å²) in [5.74, 6) is -2.66. The summed E-state index contributed by atoms with van der Waals surface area (Å²) in [6, 6.07) is 17.0. The van der Waals surface area contributed by atoms with Crippen molar-refractivity contribution in [2.24, 2.45) is 0 Å². The first-order valence-corrected chi connectivity index (χ1v) is 17.1. The van der Waals surface area contributed by atoms with Crippen LogP contribution >= 0.6 is 0 Å². The molecule has 1 saturated heterocycles. The van der Waals surface area contributed by atoms with Crippen LogP contribution in [0.3, 0.4) is 0 Å². The highest BCUT2D eigenvalue weighted by Gasteiger charge is 2.39. The third kappa shape index (κ3) is 7.79. The molecule has 13 heteroatoms. The summed E-state index contributed by atoms with van der Waals surface area (Å²) in [4.78, 5) is 69.5. The number of hydrogen-bond acceptors (Lipinski definition) is 7. The van der Waals surface area contributed by atoms with Crippen molar-refractivity contribution in [2.45, 2.75) is 55.8 Å². The van der Waals surface area contributed by atoms with Crippen LogP contribution in [0.2, 0.25) is 0 Å². The topological polar surface area (TPSA) is 153 Å². The Balaban J connectivity index is 1.42. The second kappa shape index (κ2) is 13.9. The van der Waals surface area contributed by atoms with Gasteiger partial charge in [-0.25, -0.2) is 8.42 Å². The standard InChI is InChI=1S/C34H39N5O7S/c1-22(40)36-27-17-28-21-47(45,46)29-10-6-9-26(16-29)34(44)38(3)30(13-14-31(41)37(2)20-32(42)39(28)19-27)33(43)35-18-23-11-12-24-7-4-5-8-25(24)15-23/h4-12,15-16,27-28,30H,13-14,17-21H2,1-3H3,(H,35,43)(H,36,40)/t27-,28+,30+/m1/s1. The Kier molecular flexibility index (Phi) is 9.94. The molecule has 0 radical (unpaired) electrons. The smallest absolute Gasteiger partial charge is 0.254 e. The first-order chi connectivity index (χ1) is 22.3. The van der Waals surface area contributed by atoms with Gasteiger partial charge in [0.2, 0.25) is 23.6 Å². The van der Waals surface area contributed by atoms with Gasteiger partial charge in [0.25, 0.3) is 5.91 Å². The number of benzene rings is 3. The number of nitrogens with one attached hydrogen (secondary N) is 2. The van der Waals surface area contributed by atoms with Gasteiger partial charge >= 0.3 is 0 Å². The van der Waals surface area contributed by atoms with Gasteiger partial charge in [0.05, 0.1) is 17.2 Å². The van der Waals surface area contributed by atoms with Gasteiger partial charge in [0.15, 0.2) is 9.84 Å². The minimum absolute atomic E-state index is 0.0297. The number of amides is 5. The maximum atomic E-state index is 13.7. The fraction of sp³-hybridized carbons (Fsp3) is 0.382. The first-order valence-electron chi connectivity index (χ1n) is 15.5. The first kappa shape index (κ1) is 33.6. The largest absolute Gasteiger partial charge is 0.352 e. The molecule has 2 aliphatic heterocycles. The highest BCUT2D eigenvalue weighted by molar-refractivity contribution is 7.91. The number of carbonyl (C=O) groups is 5. The summed E-state index contributed by atoms with van der Waals surface area (Å²) in [6.07, 6.45) is 0.0689. The van der Waals surface area contributed by atoms with Gasteiger partial charge in [-0.05, 0) is 53.4 Å². The molecule has 2 aliphatic rings. The fourth-order valence-corrected chi connectivity index (χ4v) is 7.89. The number of likely N-dealkylation sites (N-methyl/N-ethyl adjacent to an activating group) is 2.